The first-order valence-electron chi connectivity index (χ1n) is 12.8. The molecule has 192 valence electrons. The minimum Gasteiger partial charge on any atom is -0.464 e. The number of unbranched alkanes of at least 4 members (excludes halogenated alkanes) is 2. The van der Waals surface area contributed by atoms with Gasteiger partial charge in [-0.1, -0.05) is 51.0 Å². The Morgan fingerprint density at radius 2 is 1.50 bits per heavy atom. The van der Waals surface area contributed by atoms with Crippen LogP contribution in [0.1, 0.15) is 72.5 Å². The highest BCUT2D eigenvalue weighted by Gasteiger charge is 2.23. The molecule has 1 heterocycles. The first-order valence-corrected chi connectivity index (χ1v) is 12.8. The van der Waals surface area contributed by atoms with E-state index < -0.39 is 0 Å². The quantitative estimate of drug-likeness (QED) is 0.255. The third-order valence-corrected chi connectivity index (χ3v) is 6.16. The number of carbonyl (C=O) groups excluding carboxylic acids is 2. The molecule has 0 N–H and O–H groups in total. The molecule has 0 saturated heterocycles. The van der Waals surface area contributed by atoms with Gasteiger partial charge in [0.25, 0.3) is 5.91 Å². The summed E-state index contributed by atoms with van der Waals surface area (Å²) >= 11 is 0. The van der Waals surface area contributed by atoms with Crippen molar-refractivity contribution >= 4 is 11.8 Å². The van der Waals surface area contributed by atoms with Gasteiger partial charge in [-0.25, -0.2) is 4.39 Å². The van der Waals surface area contributed by atoms with Crippen LogP contribution in [0.15, 0.2) is 65.1 Å². The molecule has 3 rings (SSSR count). The van der Waals surface area contributed by atoms with E-state index in [2.05, 4.69) is 6.92 Å². The summed E-state index contributed by atoms with van der Waals surface area (Å²) in [6.45, 7) is 7.03. The molecular formula is C30H37FN2O3. The molecule has 36 heavy (non-hydrogen) atoms. The number of nitrogens with zero attached hydrogens (tertiary/aromatic N) is 2. The van der Waals surface area contributed by atoms with E-state index in [1.54, 1.807) is 21.9 Å². The van der Waals surface area contributed by atoms with Crippen LogP contribution in [0.4, 0.5) is 4.39 Å². The van der Waals surface area contributed by atoms with Gasteiger partial charge in [-0.15, -0.1) is 0 Å². The average molecular weight is 493 g/mol. The van der Waals surface area contributed by atoms with Crippen molar-refractivity contribution in [2.24, 2.45) is 0 Å². The topological polar surface area (TPSA) is 53.8 Å². The Morgan fingerprint density at radius 3 is 2.11 bits per heavy atom. The Hall–Kier alpha value is -3.41. The second kappa shape index (κ2) is 13.6. The van der Waals surface area contributed by atoms with Crippen LogP contribution in [0.25, 0.3) is 0 Å². The van der Waals surface area contributed by atoms with Crippen LogP contribution >= 0.6 is 0 Å². The summed E-state index contributed by atoms with van der Waals surface area (Å²) in [5, 5.41) is 0. The molecule has 0 atom stereocenters. The number of rotatable bonds is 13. The Labute approximate surface area is 213 Å². The molecular weight excluding hydrogens is 455 g/mol. The lowest BCUT2D eigenvalue weighted by Crippen LogP contribution is -2.42. The van der Waals surface area contributed by atoms with Gasteiger partial charge < -0.3 is 14.2 Å². The van der Waals surface area contributed by atoms with Gasteiger partial charge in [0.2, 0.25) is 5.91 Å². The molecule has 3 aromatic rings. The zero-order chi connectivity index (χ0) is 25.9. The highest BCUT2D eigenvalue weighted by molar-refractivity contribution is 5.96. The average Bonchev–Trinajstić information content (AvgIpc) is 3.29. The van der Waals surface area contributed by atoms with Gasteiger partial charge in [0.05, 0.1) is 6.54 Å². The second-order valence-electron chi connectivity index (χ2n) is 9.27. The van der Waals surface area contributed by atoms with Crippen molar-refractivity contribution in [3.8, 4) is 0 Å². The Balaban J connectivity index is 1.73. The van der Waals surface area contributed by atoms with Crippen molar-refractivity contribution in [1.29, 1.82) is 0 Å². The number of hydrogen-bond donors (Lipinski definition) is 0. The van der Waals surface area contributed by atoms with E-state index in [0.29, 0.717) is 24.4 Å². The maximum Gasteiger partial charge on any atom is 0.254 e. The molecule has 2 amide bonds. The predicted molar refractivity (Wildman–Crippen MR) is 140 cm³/mol. The molecule has 0 fully saturated rings. The van der Waals surface area contributed by atoms with E-state index in [1.807, 2.05) is 50.2 Å². The van der Waals surface area contributed by atoms with Crippen LogP contribution in [-0.4, -0.2) is 34.7 Å². The SMILES string of the molecule is CCCCCc1ccc(C(=O)N(CCC)CC(=O)N(Cc2ccc(F)cc2)Cc2ccc(C)o2)cc1. The van der Waals surface area contributed by atoms with Crippen molar-refractivity contribution in [2.45, 2.75) is 66.0 Å². The van der Waals surface area contributed by atoms with Crippen LogP contribution in [0.2, 0.25) is 0 Å². The van der Waals surface area contributed by atoms with Crippen LogP contribution in [0.3, 0.4) is 0 Å². The molecule has 0 bridgehead atoms. The minimum absolute atomic E-state index is 0.0359. The highest BCUT2D eigenvalue weighted by atomic mass is 19.1. The van der Waals surface area contributed by atoms with E-state index in [4.69, 9.17) is 4.42 Å². The lowest BCUT2D eigenvalue weighted by atomic mass is 10.0. The number of hydrogen-bond acceptors (Lipinski definition) is 3. The van der Waals surface area contributed by atoms with Gasteiger partial charge in [0, 0.05) is 18.7 Å². The van der Waals surface area contributed by atoms with Crippen molar-refractivity contribution in [1.82, 2.24) is 9.80 Å². The Bertz CT molecular complexity index is 1110. The molecule has 5 nitrogen and oxygen atoms in total. The summed E-state index contributed by atoms with van der Waals surface area (Å²) in [5.41, 5.74) is 2.61. The Kier molecular flexibility index (Phi) is 10.3. The number of carbonyl (C=O) groups is 2. The summed E-state index contributed by atoms with van der Waals surface area (Å²) in [5.74, 6) is 0.761. The molecule has 0 aliphatic rings. The molecule has 0 spiro atoms. The molecule has 6 heteroatoms. The first kappa shape index (κ1) is 27.2. The zero-order valence-corrected chi connectivity index (χ0v) is 21.6. The summed E-state index contributed by atoms with van der Waals surface area (Å²) in [7, 11) is 0. The number of amides is 2. The van der Waals surface area contributed by atoms with Crippen molar-refractivity contribution < 1.29 is 18.4 Å². The normalized spacial score (nSPS) is 10.9. The van der Waals surface area contributed by atoms with Crippen molar-refractivity contribution in [3.63, 3.8) is 0 Å². The summed E-state index contributed by atoms with van der Waals surface area (Å²) < 4.78 is 19.1. The number of benzene rings is 2. The van der Waals surface area contributed by atoms with Gasteiger partial charge in [0.1, 0.15) is 23.9 Å². The third kappa shape index (κ3) is 8.08. The molecule has 1 aromatic heterocycles. The van der Waals surface area contributed by atoms with Crippen LogP contribution in [0.5, 0.6) is 0 Å². The highest BCUT2D eigenvalue weighted by Crippen LogP contribution is 2.16. The molecule has 2 aromatic carbocycles. The standard InChI is InChI=1S/C30H37FN2O3/c1-4-6-7-8-24-10-14-26(15-11-24)30(35)32(19-5-2)22-29(34)33(21-28-18-9-23(3)36-28)20-25-12-16-27(31)17-13-25/h9-18H,4-8,19-22H2,1-3H3. The zero-order valence-electron chi connectivity index (χ0n) is 21.6. The minimum atomic E-state index is -0.325. The van der Waals surface area contributed by atoms with Crippen molar-refractivity contribution in [2.75, 3.05) is 13.1 Å². The fourth-order valence-electron chi connectivity index (χ4n) is 4.16. The molecule has 0 aliphatic heterocycles. The van der Waals surface area contributed by atoms with Crippen molar-refractivity contribution in [3.05, 3.63) is 94.7 Å². The monoisotopic (exact) mass is 492 g/mol. The second-order valence-corrected chi connectivity index (χ2v) is 9.27. The van der Waals surface area contributed by atoms with Crippen LogP contribution in [0, 0.1) is 12.7 Å². The Morgan fingerprint density at radius 1 is 0.806 bits per heavy atom. The maximum atomic E-state index is 13.5. The molecule has 0 aliphatic carbocycles. The van der Waals surface area contributed by atoms with E-state index in [9.17, 15) is 14.0 Å². The third-order valence-electron chi connectivity index (χ3n) is 6.16. The summed E-state index contributed by atoms with van der Waals surface area (Å²) in [6, 6.07) is 17.5. The number of furan rings is 1. The fraction of sp³-hybridized carbons (Fsp3) is 0.400. The molecule has 0 unspecified atom stereocenters. The molecule has 0 saturated carbocycles. The predicted octanol–water partition coefficient (Wildman–Crippen LogP) is 6.54. The summed E-state index contributed by atoms with van der Waals surface area (Å²) in [4.78, 5) is 30.0. The van der Waals surface area contributed by atoms with E-state index in [1.165, 1.54) is 30.5 Å². The van der Waals surface area contributed by atoms with E-state index in [-0.39, 0.29) is 30.7 Å². The van der Waals surface area contributed by atoms with Crippen LogP contribution in [-0.2, 0) is 24.3 Å². The van der Waals surface area contributed by atoms with Crippen LogP contribution < -0.4 is 0 Å². The van der Waals surface area contributed by atoms with E-state index in [0.717, 1.165) is 30.6 Å². The number of aryl methyl sites for hydroxylation is 2. The lowest BCUT2D eigenvalue weighted by Gasteiger charge is -2.27. The van der Waals surface area contributed by atoms with E-state index >= 15 is 0 Å². The fourth-order valence-corrected chi connectivity index (χ4v) is 4.16. The largest absolute Gasteiger partial charge is 0.464 e. The van der Waals surface area contributed by atoms with Gasteiger partial charge >= 0.3 is 0 Å². The smallest absolute Gasteiger partial charge is 0.254 e. The molecule has 0 radical (unpaired) electrons. The van der Waals surface area contributed by atoms with Gasteiger partial charge in [-0.3, -0.25) is 9.59 Å². The first-order chi connectivity index (χ1) is 17.4. The van der Waals surface area contributed by atoms with Gasteiger partial charge in [-0.2, -0.15) is 0 Å². The summed E-state index contributed by atoms with van der Waals surface area (Å²) in [6.07, 6.45) is 5.25. The van der Waals surface area contributed by atoms with Gasteiger partial charge in [0.15, 0.2) is 0 Å². The van der Waals surface area contributed by atoms with Gasteiger partial charge in [-0.05, 0) is 73.7 Å². The lowest BCUT2D eigenvalue weighted by molar-refractivity contribution is -0.133. The number of halogens is 1. The maximum absolute atomic E-state index is 13.5.